The van der Waals surface area contributed by atoms with Crippen LogP contribution in [0, 0.1) is 6.92 Å². The molecule has 0 spiro atoms. The molecule has 16 heavy (non-hydrogen) atoms. The van der Waals surface area contributed by atoms with Crippen LogP contribution in [0.5, 0.6) is 0 Å². The molecular formula is C11H20N4O. The molecule has 0 saturated heterocycles. The third-order valence-electron chi connectivity index (χ3n) is 2.49. The smallest absolute Gasteiger partial charge is 0.137 e. The number of nitrogen functional groups attached to an aromatic ring is 1. The first-order chi connectivity index (χ1) is 7.70. The molecule has 0 saturated carbocycles. The molecular weight excluding hydrogens is 204 g/mol. The SMILES string of the molecule is CCOCCN(CC)c1ncnc(N)c1C. The zero-order chi connectivity index (χ0) is 12.0. The number of anilines is 2. The predicted octanol–water partition coefficient (Wildman–Crippen LogP) is 1.23. The third-order valence-corrected chi connectivity index (χ3v) is 2.49. The van der Waals surface area contributed by atoms with Crippen molar-refractivity contribution in [3.8, 4) is 0 Å². The molecule has 0 aromatic carbocycles. The molecule has 0 atom stereocenters. The lowest BCUT2D eigenvalue weighted by molar-refractivity contribution is 0.154. The van der Waals surface area contributed by atoms with Gasteiger partial charge in [-0.05, 0) is 20.8 Å². The number of aromatic nitrogens is 2. The maximum absolute atomic E-state index is 5.76. The topological polar surface area (TPSA) is 64.3 Å². The summed E-state index contributed by atoms with van der Waals surface area (Å²) < 4.78 is 5.34. The van der Waals surface area contributed by atoms with E-state index in [9.17, 15) is 0 Å². The molecule has 1 aromatic rings. The van der Waals surface area contributed by atoms with Gasteiger partial charge in [0.15, 0.2) is 0 Å². The summed E-state index contributed by atoms with van der Waals surface area (Å²) in [6, 6.07) is 0. The lowest BCUT2D eigenvalue weighted by Gasteiger charge is -2.23. The van der Waals surface area contributed by atoms with Crippen molar-refractivity contribution in [1.82, 2.24) is 9.97 Å². The maximum Gasteiger partial charge on any atom is 0.137 e. The molecule has 0 aliphatic carbocycles. The summed E-state index contributed by atoms with van der Waals surface area (Å²) in [5.41, 5.74) is 6.69. The second-order valence-corrected chi connectivity index (χ2v) is 3.48. The molecule has 0 amide bonds. The molecule has 5 nitrogen and oxygen atoms in total. The van der Waals surface area contributed by atoms with Crippen LogP contribution in [0.2, 0.25) is 0 Å². The van der Waals surface area contributed by atoms with Crippen LogP contribution >= 0.6 is 0 Å². The van der Waals surface area contributed by atoms with Gasteiger partial charge in [-0.25, -0.2) is 9.97 Å². The number of hydrogen-bond donors (Lipinski definition) is 1. The molecule has 0 fully saturated rings. The van der Waals surface area contributed by atoms with Gasteiger partial charge in [-0.15, -0.1) is 0 Å². The third kappa shape index (κ3) is 3.06. The number of rotatable bonds is 6. The monoisotopic (exact) mass is 224 g/mol. The van der Waals surface area contributed by atoms with Gasteiger partial charge >= 0.3 is 0 Å². The van der Waals surface area contributed by atoms with E-state index in [1.54, 1.807) is 0 Å². The highest BCUT2D eigenvalue weighted by molar-refractivity contribution is 5.55. The van der Waals surface area contributed by atoms with Crippen LogP contribution in [0.25, 0.3) is 0 Å². The predicted molar refractivity (Wildman–Crippen MR) is 65.6 cm³/mol. The van der Waals surface area contributed by atoms with Crippen molar-refractivity contribution in [3.63, 3.8) is 0 Å². The van der Waals surface area contributed by atoms with Gasteiger partial charge in [0.25, 0.3) is 0 Å². The Morgan fingerprint density at radius 1 is 1.38 bits per heavy atom. The van der Waals surface area contributed by atoms with Gasteiger partial charge < -0.3 is 15.4 Å². The number of nitrogens with two attached hydrogens (primary N) is 1. The molecule has 2 N–H and O–H groups in total. The largest absolute Gasteiger partial charge is 0.383 e. The lowest BCUT2D eigenvalue weighted by atomic mass is 10.3. The van der Waals surface area contributed by atoms with E-state index in [0.717, 1.165) is 31.1 Å². The molecule has 0 radical (unpaired) electrons. The van der Waals surface area contributed by atoms with Crippen molar-refractivity contribution in [2.24, 2.45) is 0 Å². The minimum atomic E-state index is 0.542. The van der Waals surface area contributed by atoms with Crippen LogP contribution in [0.3, 0.4) is 0 Å². The zero-order valence-electron chi connectivity index (χ0n) is 10.2. The fraction of sp³-hybridized carbons (Fsp3) is 0.636. The Kier molecular flexibility index (Phi) is 4.98. The van der Waals surface area contributed by atoms with Crippen molar-refractivity contribution in [1.29, 1.82) is 0 Å². The zero-order valence-corrected chi connectivity index (χ0v) is 10.2. The Balaban J connectivity index is 2.74. The first-order valence-electron chi connectivity index (χ1n) is 5.60. The first kappa shape index (κ1) is 12.7. The second-order valence-electron chi connectivity index (χ2n) is 3.48. The van der Waals surface area contributed by atoms with Crippen LogP contribution in [-0.4, -0.2) is 36.3 Å². The highest BCUT2D eigenvalue weighted by Crippen LogP contribution is 2.19. The summed E-state index contributed by atoms with van der Waals surface area (Å²) >= 11 is 0. The lowest BCUT2D eigenvalue weighted by Crippen LogP contribution is -2.29. The van der Waals surface area contributed by atoms with Gasteiger partial charge in [-0.1, -0.05) is 0 Å². The van der Waals surface area contributed by atoms with Crippen molar-refractivity contribution in [2.75, 3.05) is 36.9 Å². The summed E-state index contributed by atoms with van der Waals surface area (Å²) in [5.74, 6) is 1.44. The summed E-state index contributed by atoms with van der Waals surface area (Å²) in [5, 5.41) is 0. The van der Waals surface area contributed by atoms with E-state index in [1.807, 2.05) is 13.8 Å². The number of hydrogen-bond acceptors (Lipinski definition) is 5. The maximum atomic E-state index is 5.76. The van der Waals surface area contributed by atoms with Gasteiger partial charge in [0.1, 0.15) is 18.0 Å². The Bertz CT molecular complexity index is 330. The van der Waals surface area contributed by atoms with E-state index in [1.165, 1.54) is 6.33 Å². The minimum Gasteiger partial charge on any atom is -0.383 e. The van der Waals surface area contributed by atoms with Crippen molar-refractivity contribution in [3.05, 3.63) is 11.9 Å². The molecule has 0 aliphatic rings. The molecule has 1 aromatic heterocycles. The van der Waals surface area contributed by atoms with E-state index in [-0.39, 0.29) is 0 Å². The van der Waals surface area contributed by atoms with Gasteiger partial charge in [0.05, 0.1) is 6.61 Å². The Hall–Kier alpha value is -1.36. The highest BCUT2D eigenvalue weighted by Gasteiger charge is 2.10. The highest BCUT2D eigenvalue weighted by atomic mass is 16.5. The number of likely N-dealkylation sites (N-methyl/N-ethyl adjacent to an activating group) is 1. The molecule has 90 valence electrons. The van der Waals surface area contributed by atoms with Gasteiger partial charge in [0.2, 0.25) is 0 Å². The van der Waals surface area contributed by atoms with E-state index < -0.39 is 0 Å². The quantitative estimate of drug-likeness (QED) is 0.736. The normalized spacial score (nSPS) is 10.4. The molecule has 0 bridgehead atoms. The summed E-state index contributed by atoms with van der Waals surface area (Å²) in [6.07, 6.45) is 1.50. The standard InChI is InChI=1S/C11H20N4O/c1-4-15(6-7-16-5-2)11-9(3)10(12)13-8-14-11/h8H,4-7H2,1-3H3,(H2,12,13,14). The molecule has 1 heterocycles. The summed E-state index contributed by atoms with van der Waals surface area (Å²) in [7, 11) is 0. The Labute approximate surface area is 96.6 Å². The van der Waals surface area contributed by atoms with Crippen LogP contribution in [-0.2, 0) is 4.74 Å². The van der Waals surface area contributed by atoms with E-state index in [2.05, 4.69) is 21.8 Å². The molecule has 0 unspecified atom stereocenters. The Morgan fingerprint density at radius 3 is 2.75 bits per heavy atom. The molecule has 1 rings (SSSR count). The van der Waals surface area contributed by atoms with Crippen molar-refractivity contribution < 1.29 is 4.74 Å². The second kappa shape index (κ2) is 6.27. The first-order valence-corrected chi connectivity index (χ1v) is 5.60. The van der Waals surface area contributed by atoms with Crippen LogP contribution in [0.4, 0.5) is 11.6 Å². The van der Waals surface area contributed by atoms with Crippen LogP contribution in [0.15, 0.2) is 6.33 Å². The van der Waals surface area contributed by atoms with Gasteiger partial charge in [0, 0.05) is 25.3 Å². The van der Waals surface area contributed by atoms with Crippen molar-refractivity contribution >= 4 is 11.6 Å². The average molecular weight is 224 g/mol. The Morgan fingerprint density at radius 2 is 2.12 bits per heavy atom. The average Bonchev–Trinajstić information content (AvgIpc) is 2.29. The van der Waals surface area contributed by atoms with Crippen molar-refractivity contribution in [2.45, 2.75) is 20.8 Å². The van der Waals surface area contributed by atoms with E-state index in [0.29, 0.717) is 12.4 Å². The minimum absolute atomic E-state index is 0.542. The number of ether oxygens (including phenoxy) is 1. The van der Waals surface area contributed by atoms with Crippen LogP contribution < -0.4 is 10.6 Å². The van der Waals surface area contributed by atoms with Crippen LogP contribution in [0.1, 0.15) is 19.4 Å². The summed E-state index contributed by atoms with van der Waals surface area (Å²) in [6.45, 7) is 9.16. The summed E-state index contributed by atoms with van der Waals surface area (Å²) in [4.78, 5) is 10.4. The molecule has 5 heteroatoms. The number of nitrogens with zero attached hydrogens (tertiary/aromatic N) is 3. The van der Waals surface area contributed by atoms with Gasteiger partial charge in [-0.2, -0.15) is 0 Å². The fourth-order valence-electron chi connectivity index (χ4n) is 1.51. The van der Waals surface area contributed by atoms with Gasteiger partial charge in [-0.3, -0.25) is 0 Å². The van der Waals surface area contributed by atoms with E-state index in [4.69, 9.17) is 10.5 Å². The van der Waals surface area contributed by atoms with E-state index >= 15 is 0 Å². The fourth-order valence-corrected chi connectivity index (χ4v) is 1.51. The molecule has 0 aliphatic heterocycles.